The molecule has 0 atom stereocenters. The standard InChI is InChI=1S/C52H56N2O2/c1-7-21-40-25-13-17-29-44(40)35-53(36-45-30-18-14-26-41(45)22-8-2)51(55)49-34-33-39(11-5)50(48(49)12-6)52(56)54(37-46-31-19-15-27-42(46)23-9-3)38-47-32-20-16-28-43(47)24-10-4/h7-10,13-20,25-34H,1-4,11-12,21-24,35-38H2,5-6H3. The fraction of sp³-hybridized carbons (Fsp3) is 0.231. The second-order valence-corrected chi connectivity index (χ2v) is 14.2. The van der Waals surface area contributed by atoms with Crippen LogP contribution in [0.25, 0.3) is 0 Å². The first-order valence-corrected chi connectivity index (χ1v) is 19.8. The minimum absolute atomic E-state index is 0.0747. The lowest BCUT2D eigenvalue weighted by Crippen LogP contribution is -2.35. The van der Waals surface area contributed by atoms with Gasteiger partial charge in [0.2, 0.25) is 0 Å². The molecule has 2 amide bonds. The average Bonchev–Trinajstić information content (AvgIpc) is 3.22. The Morgan fingerprint density at radius 2 is 0.750 bits per heavy atom. The Kier molecular flexibility index (Phi) is 15.2. The number of allylic oxidation sites excluding steroid dienone is 4. The summed E-state index contributed by atoms with van der Waals surface area (Å²) in [5, 5.41) is 0. The van der Waals surface area contributed by atoms with Crippen molar-refractivity contribution in [2.24, 2.45) is 0 Å². The van der Waals surface area contributed by atoms with E-state index < -0.39 is 0 Å². The van der Waals surface area contributed by atoms with E-state index in [1.54, 1.807) is 0 Å². The molecule has 0 radical (unpaired) electrons. The van der Waals surface area contributed by atoms with Crippen LogP contribution >= 0.6 is 0 Å². The molecule has 0 bridgehead atoms. The Labute approximate surface area is 335 Å². The number of nitrogens with zero attached hydrogens (tertiary/aromatic N) is 2. The first-order chi connectivity index (χ1) is 27.4. The second kappa shape index (κ2) is 20.6. The van der Waals surface area contributed by atoms with Gasteiger partial charge < -0.3 is 9.80 Å². The molecule has 286 valence electrons. The van der Waals surface area contributed by atoms with Crippen LogP contribution in [0, 0.1) is 0 Å². The summed E-state index contributed by atoms with van der Waals surface area (Å²) in [6, 6.07) is 37.0. The van der Waals surface area contributed by atoms with E-state index in [4.69, 9.17) is 0 Å². The van der Waals surface area contributed by atoms with Gasteiger partial charge in [0.05, 0.1) is 0 Å². The molecule has 0 heterocycles. The number of hydrogen-bond acceptors (Lipinski definition) is 2. The van der Waals surface area contributed by atoms with Crippen molar-refractivity contribution in [2.75, 3.05) is 0 Å². The van der Waals surface area contributed by atoms with Gasteiger partial charge >= 0.3 is 0 Å². The topological polar surface area (TPSA) is 40.6 Å². The molecule has 0 aliphatic rings. The monoisotopic (exact) mass is 740 g/mol. The van der Waals surface area contributed by atoms with Crippen molar-refractivity contribution in [1.29, 1.82) is 0 Å². The normalized spacial score (nSPS) is 10.8. The SMILES string of the molecule is C=CCc1ccccc1CN(Cc1ccccc1CC=C)C(=O)c1ccc(CC)c(C(=O)N(Cc2ccccc2CC=C)Cc2ccccc2CC=C)c1CC. The minimum atomic E-state index is -0.0976. The maximum atomic E-state index is 15.4. The van der Waals surface area contributed by atoms with Gasteiger partial charge in [0.25, 0.3) is 11.8 Å². The van der Waals surface area contributed by atoms with Crippen molar-refractivity contribution in [3.05, 3.63) is 227 Å². The van der Waals surface area contributed by atoms with E-state index in [0.29, 0.717) is 75.8 Å². The van der Waals surface area contributed by atoms with Crippen molar-refractivity contribution in [3.8, 4) is 0 Å². The smallest absolute Gasteiger partial charge is 0.255 e. The molecule has 0 aliphatic heterocycles. The summed E-state index contributed by atoms with van der Waals surface area (Å²) >= 11 is 0. The van der Waals surface area contributed by atoms with Crippen molar-refractivity contribution in [3.63, 3.8) is 0 Å². The summed E-state index contributed by atoms with van der Waals surface area (Å²) in [5.74, 6) is -0.172. The molecule has 5 rings (SSSR count). The summed E-state index contributed by atoms with van der Waals surface area (Å²) in [7, 11) is 0. The zero-order valence-electron chi connectivity index (χ0n) is 33.3. The molecule has 0 fully saturated rings. The highest BCUT2D eigenvalue weighted by atomic mass is 16.2. The summed E-state index contributed by atoms with van der Waals surface area (Å²) in [6.07, 6.45) is 11.6. The van der Waals surface area contributed by atoms with Crippen molar-refractivity contribution in [2.45, 2.75) is 78.6 Å². The van der Waals surface area contributed by atoms with E-state index in [-0.39, 0.29) is 11.8 Å². The Morgan fingerprint density at radius 3 is 1.05 bits per heavy atom. The third-order valence-corrected chi connectivity index (χ3v) is 10.5. The van der Waals surface area contributed by atoms with E-state index in [0.717, 1.165) is 55.6 Å². The number of carbonyl (C=O) groups excluding carboxylic acids is 2. The number of benzene rings is 5. The lowest BCUT2D eigenvalue weighted by Gasteiger charge is -2.29. The molecule has 4 nitrogen and oxygen atoms in total. The Bertz CT molecular complexity index is 2060. The van der Waals surface area contributed by atoms with E-state index in [2.05, 4.69) is 88.7 Å². The maximum absolute atomic E-state index is 15.4. The molecule has 0 aromatic heterocycles. The third kappa shape index (κ3) is 9.99. The van der Waals surface area contributed by atoms with E-state index in [1.807, 2.05) is 94.8 Å². The van der Waals surface area contributed by atoms with Crippen LogP contribution in [-0.2, 0) is 64.7 Å². The third-order valence-electron chi connectivity index (χ3n) is 10.5. The second-order valence-electron chi connectivity index (χ2n) is 14.2. The van der Waals surface area contributed by atoms with Gasteiger partial charge in [0, 0.05) is 37.3 Å². The van der Waals surface area contributed by atoms with Gasteiger partial charge in [-0.1, -0.05) is 141 Å². The van der Waals surface area contributed by atoms with Crippen molar-refractivity contribution >= 4 is 11.8 Å². The highest BCUT2D eigenvalue weighted by Gasteiger charge is 2.29. The lowest BCUT2D eigenvalue weighted by molar-refractivity contribution is 0.0724. The van der Waals surface area contributed by atoms with Gasteiger partial charge in [0.15, 0.2) is 0 Å². The van der Waals surface area contributed by atoms with Crippen LogP contribution in [-0.4, -0.2) is 21.6 Å². The fourth-order valence-corrected chi connectivity index (χ4v) is 7.64. The minimum Gasteiger partial charge on any atom is -0.330 e. The molecular weight excluding hydrogens is 685 g/mol. The van der Waals surface area contributed by atoms with Crippen LogP contribution in [0.2, 0.25) is 0 Å². The van der Waals surface area contributed by atoms with Crippen LogP contribution in [0.3, 0.4) is 0 Å². The predicted molar refractivity (Wildman–Crippen MR) is 234 cm³/mol. The van der Waals surface area contributed by atoms with Gasteiger partial charge in [-0.05, 0) is 100 Å². The molecule has 0 spiro atoms. The van der Waals surface area contributed by atoms with Gasteiger partial charge in [-0.15, -0.1) is 26.3 Å². The molecule has 0 saturated carbocycles. The van der Waals surface area contributed by atoms with Crippen molar-refractivity contribution in [1.82, 2.24) is 9.80 Å². The van der Waals surface area contributed by atoms with Crippen LogP contribution in [0.5, 0.6) is 0 Å². The van der Waals surface area contributed by atoms with E-state index in [1.165, 1.54) is 0 Å². The quantitative estimate of drug-likeness (QED) is 0.0746. The van der Waals surface area contributed by atoms with Gasteiger partial charge in [-0.25, -0.2) is 0 Å². The Balaban J connectivity index is 1.64. The summed E-state index contributed by atoms with van der Waals surface area (Å²) in [4.78, 5) is 34.4. The first kappa shape index (κ1) is 41.2. The van der Waals surface area contributed by atoms with Crippen LogP contribution in [0.1, 0.15) is 90.2 Å². The van der Waals surface area contributed by atoms with E-state index >= 15 is 9.59 Å². The molecule has 0 saturated heterocycles. The molecular formula is C52H56N2O2. The van der Waals surface area contributed by atoms with Crippen LogP contribution in [0.15, 0.2) is 160 Å². The van der Waals surface area contributed by atoms with Crippen LogP contribution in [0.4, 0.5) is 0 Å². The average molecular weight is 741 g/mol. The molecule has 5 aromatic carbocycles. The molecule has 5 aromatic rings. The Hall–Kier alpha value is -6.00. The first-order valence-electron chi connectivity index (χ1n) is 19.8. The highest BCUT2D eigenvalue weighted by molar-refractivity contribution is 6.03. The summed E-state index contributed by atoms with van der Waals surface area (Å²) < 4.78 is 0. The van der Waals surface area contributed by atoms with Gasteiger partial charge in [0.1, 0.15) is 0 Å². The zero-order valence-corrected chi connectivity index (χ0v) is 33.3. The van der Waals surface area contributed by atoms with Crippen molar-refractivity contribution < 1.29 is 9.59 Å². The number of rotatable bonds is 20. The fourth-order valence-electron chi connectivity index (χ4n) is 7.64. The lowest BCUT2D eigenvalue weighted by atomic mass is 9.90. The molecule has 56 heavy (non-hydrogen) atoms. The van der Waals surface area contributed by atoms with Gasteiger partial charge in [-0.3, -0.25) is 9.59 Å². The number of hydrogen-bond donors (Lipinski definition) is 0. The molecule has 0 aliphatic carbocycles. The maximum Gasteiger partial charge on any atom is 0.255 e. The highest BCUT2D eigenvalue weighted by Crippen LogP contribution is 2.29. The van der Waals surface area contributed by atoms with Crippen LogP contribution < -0.4 is 0 Å². The van der Waals surface area contributed by atoms with E-state index in [9.17, 15) is 0 Å². The number of carbonyl (C=O) groups is 2. The van der Waals surface area contributed by atoms with Gasteiger partial charge in [-0.2, -0.15) is 0 Å². The molecule has 0 N–H and O–H groups in total. The summed E-state index contributed by atoms with van der Waals surface area (Å²) in [5.41, 5.74) is 11.8. The number of amides is 2. The summed E-state index contributed by atoms with van der Waals surface area (Å²) in [6.45, 7) is 21.7. The molecule has 4 heteroatoms. The molecule has 0 unspecified atom stereocenters. The number of aryl methyl sites for hydroxylation is 1. The zero-order chi connectivity index (χ0) is 39.9. The Morgan fingerprint density at radius 1 is 0.429 bits per heavy atom. The largest absolute Gasteiger partial charge is 0.330 e. The predicted octanol–water partition coefficient (Wildman–Crippen LogP) is 11.4.